The van der Waals surface area contributed by atoms with Crippen LogP contribution in [0.3, 0.4) is 0 Å². The Morgan fingerprint density at radius 3 is 2.91 bits per heavy atom. The molecule has 0 radical (unpaired) electrons. The van der Waals surface area contributed by atoms with Crippen molar-refractivity contribution < 1.29 is 14.3 Å². The van der Waals surface area contributed by atoms with Crippen molar-refractivity contribution in [3.05, 3.63) is 30.1 Å². The van der Waals surface area contributed by atoms with Crippen LogP contribution in [0.1, 0.15) is 45.7 Å². The van der Waals surface area contributed by atoms with E-state index >= 15 is 0 Å². The number of nitrogens with zero attached hydrogens (tertiary/aromatic N) is 2. The summed E-state index contributed by atoms with van der Waals surface area (Å²) >= 11 is 0. The monoisotopic (exact) mass is 320 g/mol. The molecule has 1 atom stereocenters. The zero-order chi connectivity index (χ0) is 16.7. The van der Waals surface area contributed by atoms with Gasteiger partial charge in [0.2, 0.25) is 0 Å². The third kappa shape index (κ3) is 6.57. The van der Waals surface area contributed by atoms with E-state index in [0.717, 1.165) is 38.0 Å². The molecule has 0 aromatic carbocycles. The van der Waals surface area contributed by atoms with Gasteiger partial charge in [-0.3, -0.25) is 4.98 Å². The molecule has 0 N–H and O–H groups in total. The van der Waals surface area contributed by atoms with Gasteiger partial charge in [-0.25, -0.2) is 4.79 Å². The minimum Gasteiger partial charge on any atom is -0.444 e. The summed E-state index contributed by atoms with van der Waals surface area (Å²) in [6.45, 7) is 8.50. The number of rotatable bonds is 5. The van der Waals surface area contributed by atoms with Gasteiger partial charge in [0.15, 0.2) is 0 Å². The third-order valence-corrected chi connectivity index (χ3v) is 3.82. The highest BCUT2D eigenvalue weighted by Crippen LogP contribution is 2.21. The number of hydrogen-bond donors (Lipinski definition) is 0. The van der Waals surface area contributed by atoms with E-state index in [1.165, 1.54) is 0 Å². The first kappa shape index (κ1) is 17.7. The van der Waals surface area contributed by atoms with Crippen LogP contribution in [0.5, 0.6) is 0 Å². The smallest absolute Gasteiger partial charge is 0.410 e. The molecule has 1 aromatic rings. The Kier molecular flexibility index (Phi) is 6.39. The molecule has 5 nitrogen and oxygen atoms in total. The lowest BCUT2D eigenvalue weighted by Crippen LogP contribution is -2.43. The second kappa shape index (κ2) is 8.29. The van der Waals surface area contributed by atoms with Crippen LogP contribution in [0.4, 0.5) is 4.79 Å². The summed E-state index contributed by atoms with van der Waals surface area (Å²) in [4.78, 5) is 18.2. The highest BCUT2D eigenvalue weighted by Gasteiger charge is 2.27. The highest BCUT2D eigenvalue weighted by atomic mass is 16.6. The zero-order valence-corrected chi connectivity index (χ0v) is 14.5. The molecule has 0 bridgehead atoms. The Labute approximate surface area is 139 Å². The van der Waals surface area contributed by atoms with Crippen LogP contribution in [-0.2, 0) is 16.1 Å². The number of pyridine rings is 1. The second-order valence-corrected chi connectivity index (χ2v) is 7.10. The molecule has 128 valence electrons. The number of hydrogen-bond acceptors (Lipinski definition) is 4. The Balaban J connectivity index is 1.68. The van der Waals surface area contributed by atoms with Gasteiger partial charge in [-0.15, -0.1) is 0 Å². The van der Waals surface area contributed by atoms with E-state index in [1.54, 1.807) is 6.20 Å². The van der Waals surface area contributed by atoms with E-state index in [1.807, 2.05) is 43.9 Å². The lowest BCUT2D eigenvalue weighted by Gasteiger charge is -2.34. The normalized spacial score (nSPS) is 18.7. The van der Waals surface area contributed by atoms with Gasteiger partial charge in [0.05, 0.1) is 12.3 Å². The number of ether oxygens (including phenoxy) is 2. The largest absolute Gasteiger partial charge is 0.444 e. The first-order valence-corrected chi connectivity index (χ1v) is 8.39. The first-order chi connectivity index (χ1) is 10.9. The Morgan fingerprint density at radius 1 is 1.39 bits per heavy atom. The molecular formula is C18H28N2O3. The van der Waals surface area contributed by atoms with E-state index < -0.39 is 5.60 Å². The number of piperidine rings is 1. The van der Waals surface area contributed by atoms with Crippen molar-refractivity contribution in [3.63, 3.8) is 0 Å². The molecule has 1 unspecified atom stereocenters. The van der Waals surface area contributed by atoms with Crippen molar-refractivity contribution in [1.82, 2.24) is 9.88 Å². The molecule has 0 saturated carbocycles. The molecule has 1 saturated heterocycles. The molecular weight excluding hydrogens is 292 g/mol. The van der Waals surface area contributed by atoms with Crippen molar-refractivity contribution in [2.24, 2.45) is 5.92 Å². The Bertz CT molecular complexity index is 485. The number of likely N-dealkylation sites (tertiary alicyclic amines) is 1. The summed E-state index contributed by atoms with van der Waals surface area (Å²) in [5, 5.41) is 0. The van der Waals surface area contributed by atoms with Crippen molar-refractivity contribution in [2.75, 3.05) is 19.7 Å². The molecule has 2 rings (SSSR count). The van der Waals surface area contributed by atoms with E-state index in [4.69, 9.17) is 9.47 Å². The highest BCUT2D eigenvalue weighted by molar-refractivity contribution is 5.68. The maximum absolute atomic E-state index is 12.1. The summed E-state index contributed by atoms with van der Waals surface area (Å²) in [6, 6.07) is 5.83. The fourth-order valence-electron chi connectivity index (χ4n) is 2.70. The topological polar surface area (TPSA) is 51.7 Å². The van der Waals surface area contributed by atoms with Gasteiger partial charge in [0.1, 0.15) is 5.60 Å². The van der Waals surface area contributed by atoms with E-state index in [2.05, 4.69) is 4.98 Å². The van der Waals surface area contributed by atoms with Crippen LogP contribution in [0, 0.1) is 5.92 Å². The van der Waals surface area contributed by atoms with E-state index in [9.17, 15) is 4.79 Å². The minimum absolute atomic E-state index is 0.198. The molecule has 0 aliphatic carbocycles. The number of amides is 1. The average molecular weight is 320 g/mol. The maximum atomic E-state index is 12.1. The summed E-state index contributed by atoms with van der Waals surface area (Å²) in [5.74, 6) is 0.486. The van der Waals surface area contributed by atoms with Crippen molar-refractivity contribution in [2.45, 2.75) is 52.2 Å². The predicted octanol–water partition coefficient (Wildman–Crippen LogP) is 3.64. The average Bonchev–Trinajstić information content (AvgIpc) is 2.51. The number of carbonyl (C=O) groups excluding carboxylic acids is 1. The second-order valence-electron chi connectivity index (χ2n) is 7.10. The molecule has 1 fully saturated rings. The molecule has 1 aliphatic heterocycles. The Morgan fingerprint density at radius 2 is 2.22 bits per heavy atom. The number of carbonyl (C=O) groups is 1. The lowest BCUT2D eigenvalue weighted by atomic mass is 9.95. The molecule has 1 amide bonds. The molecule has 2 heterocycles. The van der Waals surface area contributed by atoms with Crippen LogP contribution in [0.25, 0.3) is 0 Å². The Hall–Kier alpha value is -1.62. The van der Waals surface area contributed by atoms with E-state index in [0.29, 0.717) is 19.1 Å². The predicted molar refractivity (Wildman–Crippen MR) is 89.0 cm³/mol. The van der Waals surface area contributed by atoms with Crippen LogP contribution in [-0.4, -0.2) is 41.3 Å². The van der Waals surface area contributed by atoms with Gasteiger partial charge in [0.25, 0.3) is 0 Å². The summed E-state index contributed by atoms with van der Waals surface area (Å²) in [7, 11) is 0. The fraction of sp³-hybridized carbons (Fsp3) is 0.667. The third-order valence-electron chi connectivity index (χ3n) is 3.82. The molecule has 1 aliphatic rings. The molecule has 23 heavy (non-hydrogen) atoms. The molecule has 0 spiro atoms. The summed E-state index contributed by atoms with van der Waals surface area (Å²) < 4.78 is 11.2. The van der Waals surface area contributed by atoms with Crippen LogP contribution < -0.4 is 0 Å². The quantitative estimate of drug-likeness (QED) is 0.777. The van der Waals surface area contributed by atoms with Crippen molar-refractivity contribution >= 4 is 6.09 Å². The zero-order valence-electron chi connectivity index (χ0n) is 14.5. The maximum Gasteiger partial charge on any atom is 0.410 e. The van der Waals surface area contributed by atoms with E-state index in [-0.39, 0.29) is 6.09 Å². The van der Waals surface area contributed by atoms with Gasteiger partial charge in [0, 0.05) is 25.9 Å². The number of aromatic nitrogens is 1. The first-order valence-electron chi connectivity index (χ1n) is 8.39. The van der Waals surface area contributed by atoms with Crippen molar-refractivity contribution in [1.29, 1.82) is 0 Å². The minimum atomic E-state index is -0.435. The van der Waals surface area contributed by atoms with Gasteiger partial charge in [-0.05, 0) is 58.1 Å². The molecule has 5 heteroatoms. The van der Waals surface area contributed by atoms with Gasteiger partial charge >= 0.3 is 6.09 Å². The van der Waals surface area contributed by atoms with Crippen LogP contribution in [0.2, 0.25) is 0 Å². The van der Waals surface area contributed by atoms with Crippen LogP contribution in [0.15, 0.2) is 24.4 Å². The fourth-order valence-corrected chi connectivity index (χ4v) is 2.70. The summed E-state index contributed by atoms with van der Waals surface area (Å²) in [5.41, 5.74) is 0.516. The SMILES string of the molecule is CC(C)(C)OC(=O)N1CCCC(CCOCc2ccccn2)C1. The van der Waals surface area contributed by atoms with Gasteiger partial charge in [-0.1, -0.05) is 6.07 Å². The van der Waals surface area contributed by atoms with Gasteiger partial charge < -0.3 is 14.4 Å². The van der Waals surface area contributed by atoms with Gasteiger partial charge in [-0.2, -0.15) is 0 Å². The standard InChI is InChI=1S/C18H28N2O3/c1-18(2,3)23-17(21)20-11-6-7-15(13-20)9-12-22-14-16-8-4-5-10-19-16/h4-5,8,10,15H,6-7,9,11-14H2,1-3H3. The lowest BCUT2D eigenvalue weighted by molar-refractivity contribution is 0.0135. The van der Waals surface area contributed by atoms with Crippen molar-refractivity contribution in [3.8, 4) is 0 Å². The molecule has 1 aromatic heterocycles. The summed E-state index contributed by atoms with van der Waals surface area (Å²) in [6.07, 6.45) is 4.72. The van der Waals surface area contributed by atoms with Crippen LogP contribution >= 0.6 is 0 Å².